The molecule has 2 aliphatic rings. The van der Waals surface area contributed by atoms with Crippen LogP contribution >= 0.6 is 0 Å². The van der Waals surface area contributed by atoms with Gasteiger partial charge in [-0.2, -0.15) is 0 Å². The maximum Gasteiger partial charge on any atom is 0.270 e. The number of amides is 1. The number of piperidine rings is 1. The van der Waals surface area contributed by atoms with Gasteiger partial charge in [-0.05, 0) is 49.9 Å². The molecule has 4 rings (SSSR count). The lowest BCUT2D eigenvalue weighted by Crippen LogP contribution is -2.56. The number of carbonyl (C=O) groups excluding carboxylic acids is 1. The molecule has 5 nitrogen and oxygen atoms in total. The summed E-state index contributed by atoms with van der Waals surface area (Å²) in [5, 5.41) is 0. The first-order valence-corrected chi connectivity index (χ1v) is 10.1. The summed E-state index contributed by atoms with van der Waals surface area (Å²) in [7, 11) is 0. The third-order valence-corrected chi connectivity index (χ3v) is 6.03. The van der Waals surface area contributed by atoms with E-state index in [4.69, 9.17) is 0 Å². The Labute approximate surface area is 162 Å². The molecule has 1 amide bonds. The van der Waals surface area contributed by atoms with E-state index in [0.29, 0.717) is 6.04 Å². The van der Waals surface area contributed by atoms with Gasteiger partial charge in [-0.3, -0.25) is 9.69 Å². The summed E-state index contributed by atoms with van der Waals surface area (Å²) in [6, 6.07) is 11.1. The van der Waals surface area contributed by atoms with E-state index in [0.717, 1.165) is 56.9 Å². The maximum atomic E-state index is 12.8. The van der Waals surface area contributed by atoms with Gasteiger partial charge in [0, 0.05) is 57.2 Å². The second kappa shape index (κ2) is 7.77. The SMILES string of the molecule is Cc1c[nH]c(C(=O)N2CCC[C@@H](N3CCN(c4ccccc4C)CC3)C2)c1. The van der Waals surface area contributed by atoms with E-state index >= 15 is 0 Å². The second-order valence-electron chi connectivity index (χ2n) is 7.95. The normalized spacial score (nSPS) is 21.5. The molecule has 2 saturated heterocycles. The maximum absolute atomic E-state index is 12.8. The van der Waals surface area contributed by atoms with Crippen LogP contribution in [0.4, 0.5) is 5.69 Å². The van der Waals surface area contributed by atoms with Gasteiger partial charge in [0.1, 0.15) is 5.69 Å². The van der Waals surface area contributed by atoms with Crippen LogP contribution in [0.3, 0.4) is 0 Å². The van der Waals surface area contributed by atoms with Crippen molar-refractivity contribution in [2.24, 2.45) is 0 Å². The molecule has 1 N–H and O–H groups in total. The van der Waals surface area contributed by atoms with Gasteiger partial charge < -0.3 is 14.8 Å². The number of nitrogens with zero attached hydrogens (tertiary/aromatic N) is 3. The number of aromatic amines is 1. The Morgan fingerprint density at radius 2 is 1.85 bits per heavy atom. The number of nitrogens with one attached hydrogen (secondary N) is 1. The zero-order valence-corrected chi connectivity index (χ0v) is 16.4. The van der Waals surface area contributed by atoms with Crippen molar-refractivity contribution in [3.8, 4) is 0 Å². The quantitative estimate of drug-likeness (QED) is 0.908. The monoisotopic (exact) mass is 366 g/mol. The molecule has 5 heteroatoms. The van der Waals surface area contributed by atoms with Crippen molar-refractivity contribution in [3.63, 3.8) is 0 Å². The predicted octanol–water partition coefficient (Wildman–Crippen LogP) is 3.06. The van der Waals surface area contributed by atoms with Crippen LogP contribution in [-0.2, 0) is 0 Å². The number of H-pyrrole nitrogens is 1. The summed E-state index contributed by atoms with van der Waals surface area (Å²) in [4.78, 5) is 23.0. The summed E-state index contributed by atoms with van der Waals surface area (Å²) >= 11 is 0. The van der Waals surface area contributed by atoms with Crippen LogP contribution in [0.2, 0.25) is 0 Å². The Morgan fingerprint density at radius 1 is 1.07 bits per heavy atom. The van der Waals surface area contributed by atoms with Gasteiger partial charge in [-0.25, -0.2) is 0 Å². The summed E-state index contributed by atoms with van der Waals surface area (Å²) in [6.07, 6.45) is 4.19. The number of anilines is 1. The summed E-state index contributed by atoms with van der Waals surface area (Å²) in [6.45, 7) is 10.2. The highest BCUT2D eigenvalue weighted by Crippen LogP contribution is 2.24. The number of hydrogen-bond donors (Lipinski definition) is 1. The zero-order valence-electron chi connectivity index (χ0n) is 16.4. The number of rotatable bonds is 3. The highest BCUT2D eigenvalue weighted by molar-refractivity contribution is 5.92. The lowest BCUT2D eigenvalue weighted by Gasteiger charge is -2.44. The fraction of sp³-hybridized carbons (Fsp3) is 0.500. The smallest absolute Gasteiger partial charge is 0.270 e. The van der Waals surface area contributed by atoms with E-state index in [1.165, 1.54) is 17.7 Å². The standard InChI is InChI=1S/C22H30N4O/c1-17-14-20(23-15-17)22(27)26-9-5-7-19(16-26)24-10-12-25(13-11-24)21-8-4-3-6-18(21)2/h3-4,6,8,14-15,19,23H,5,7,9-13,16H2,1-2H3/t19-/m1/s1. The lowest BCUT2D eigenvalue weighted by atomic mass is 10.0. The molecule has 0 spiro atoms. The number of para-hydroxylation sites is 1. The average molecular weight is 367 g/mol. The molecular formula is C22H30N4O. The van der Waals surface area contributed by atoms with Crippen molar-refractivity contribution in [1.29, 1.82) is 0 Å². The van der Waals surface area contributed by atoms with Gasteiger partial charge in [0.15, 0.2) is 0 Å². The number of aromatic nitrogens is 1. The summed E-state index contributed by atoms with van der Waals surface area (Å²) in [5.74, 6) is 0.145. The lowest BCUT2D eigenvalue weighted by molar-refractivity contribution is 0.0559. The molecule has 1 atom stereocenters. The molecule has 0 bridgehead atoms. The molecular weight excluding hydrogens is 336 g/mol. The van der Waals surface area contributed by atoms with Crippen LogP contribution in [0.5, 0.6) is 0 Å². The van der Waals surface area contributed by atoms with Crippen molar-refractivity contribution in [2.75, 3.05) is 44.2 Å². The molecule has 1 aromatic carbocycles. The van der Waals surface area contributed by atoms with Gasteiger partial charge in [-0.1, -0.05) is 18.2 Å². The fourth-order valence-electron chi connectivity index (χ4n) is 4.48. The Morgan fingerprint density at radius 3 is 2.56 bits per heavy atom. The van der Waals surface area contributed by atoms with E-state index < -0.39 is 0 Å². The first-order chi connectivity index (χ1) is 13.1. The van der Waals surface area contributed by atoms with Gasteiger partial charge in [0.2, 0.25) is 0 Å². The largest absolute Gasteiger partial charge is 0.369 e. The first kappa shape index (κ1) is 18.1. The molecule has 3 heterocycles. The third kappa shape index (κ3) is 3.88. The van der Waals surface area contributed by atoms with E-state index in [9.17, 15) is 4.79 Å². The molecule has 2 aliphatic heterocycles. The van der Waals surface area contributed by atoms with Crippen LogP contribution < -0.4 is 4.90 Å². The van der Waals surface area contributed by atoms with Crippen molar-refractivity contribution >= 4 is 11.6 Å². The number of aryl methyl sites for hydroxylation is 2. The molecule has 0 unspecified atom stereocenters. The Kier molecular flexibility index (Phi) is 5.21. The Hall–Kier alpha value is -2.27. The highest BCUT2D eigenvalue weighted by atomic mass is 16.2. The van der Waals surface area contributed by atoms with Gasteiger partial charge >= 0.3 is 0 Å². The molecule has 0 saturated carbocycles. The van der Waals surface area contributed by atoms with Crippen LogP contribution in [0.25, 0.3) is 0 Å². The van der Waals surface area contributed by atoms with E-state index in [2.05, 4.69) is 46.0 Å². The number of likely N-dealkylation sites (tertiary alicyclic amines) is 1. The van der Waals surface area contributed by atoms with E-state index in [1.807, 2.05) is 24.1 Å². The summed E-state index contributed by atoms with van der Waals surface area (Å²) in [5.41, 5.74) is 4.54. The molecule has 144 valence electrons. The van der Waals surface area contributed by atoms with E-state index in [-0.39, 0.29) is 5.91 Å². The van der Waals surface area contributed by atoms with Crippen molar-refractivity contribution in [2.45, 2.75) is 32.7 Å². The number of benzene rings is 1. The Bertz CT molecular complexity index is 791. The average Bonchev–Trinajstić information content (AvgIpc) is 3.14. The molecule has 2 fully saturated rings. The van der Waals surface area contributed by atoms with Crippen molar-refractivity contribution < 1.29 is 4.79 Å². The number of carbonyl (C=O) groups is 1. The molecule has 0 radical (unpaired) electrons. The minimum Gasteiger partial charge on any atom is -0.369 e. The number of hydrogen-bond acceptors (Lipinski definition) is 3. The molecule has 2 aromatic rings. The minimum atomic E-state index is 0.145. The van der Waals surface area contributed by atoms with E-state index in [1.54, 1.807) is 0 Å². The molecule has 1 aromatic heterocycles. The van der Waals surface area contributed by atoms with Crippen LogP contribution in [0, 0.1) is 13.8 Å². The fourth-order valence-corrected chi connectivity index (χ4v) is 4.48. The highest BCUT2D eigenvalue weighted by Gasteiger charge is 2.30. The number of piperazine rings is 1. The summed E-state index contributed by atoms with van der Waals surface area (Å²) < 4.78 is 0. The van der Waals surface area contributed by atoms with Crippen molar-refractivity contribution in [3.05, 3.63) is 53.3 Å². The van der Waals surface area contributed by atoms with Gasteiger partial charge in [0.05, 0.1) is 0 Å². The van der Waals surface area contributed by atoms with Crippen LogP contribution in [0.1, 0.15) is 34.5 Å². The Balaban J connectivity index is 1.36. The second-order valence-corrected chi connectivity index (χ2v) is 7.95. The third-order valence-electron chi connectivity index (χ3n) is 6.03. The van der Waals surface area contributed by atoms with Gasteiger partial charge in [0.25, 0.3) is 5.91 Å². The van der Waals surface area contributed by atoms with Crippen LogP contribution in [-0.4, -0.2) is 66.0 Å². The van der Waals surface area contributed by atoms with Crippen molar-refractivity contribution in [1.82, 2.24) is 14.8 Å². The van der Waals surface area contributed by atoms with Crippen LogP contribution in [0.15, 0.2) is 36.5 Å². The predicted molar refractivity (Wildman–Crippen MR) is 109 cm³/mol. The topological polar surface area (TPSA) is 42.6 Å². The molecule has 27 heavy (non-hydrogen) atoms. The van der Waals surface area contributed by atoms with Gasteiger partial charge in [-0.15, -0.1) is 0 Å². The molecule has 0 aliphatic carbocycles. The minimum absolute atomic E-state index is 0.145. The zero-order chi connectivity index (χ0) is 18.8. The first-order valence-electron chi connectivity index (χ1n) is 10.1.